The summed E-state index contributed by atoms with van der Waals surface area (Å²) in [5.74, 6) is 0.336. The summed E-state index contributed by atoms with van der Waals surface area (Å²) in [6, 6.07) is 8.03. The third-order valence-corrected chi connectivity index (χ3v) is 11.0. The minimum absolute atomic E-state index is 0.0704. The molecule has 4 aliphatic rings. The lowest BCUT2D eigenvalue weighted by atomic mass is 9.46. The number of amides is 1. The number of allylic oxidation sites excluding steroid dienone is 2. The first kappa shape index (κ1) is 28.5. The molecular weight excluding hydrogens is 508 g/mol. The number of hydrogen-bond acceptors (Lipinski definition) is 7. The lowest BCUT2D eigenvalue weighted by Crippen LogP contribution is -2.57. The average molecular weight is 551 g/mol. The average Bonchev–Trinajstić information content (AvgIpc) is 3.23. The van der Waals surface area contributed by atoms with Gasteiger partial charge in [0.15, 0.2) is 18.4 Å². The van der Waals surface area contributed by atoms with Gasteiger partial charge in [-0.2, -0.15) is 0 Å². The summed E-state index contributed by atoms with van der Waals surface area (Å²) in [5, 5.41) is 18.3. The van der Waals surface area contributed by atoms with Crippen LogP contribution < -0.4 is 5.32 Å². The largest absolute Gasteiger partial charge is 0.467 e. The number of hydrogen-bond donors (Lipinski definition) is 2. The van der Waals surface area contributed by atoms with Crippen LogP contribution in [-0.2, 0) is 24.0 Å². The van der Waals surface area contributed by atoms with Gasteiger partial charge < -0.3 is 20.0 Å². The summed E-state index contributed by atoms with van der Waals surface area (Å²) in [7, 11) is 1.29. The predicted octanol–water partition coefficient (Wildman–Crippen LogP) is 4.67. The second-order valence-electron chi connectivity index (χ2n) is 12.7. The van der Waals surface area contributed by atoms with Gasteiger partial charge >= 0.3 is 5.97 Å². The van der Waals surface area contributed by atoms with Crippen molar-refractivity contribution in [2.45, 2.75) is 83.8 Å². The van der Waals surface area contributed by atoms with Crippen molar-refractivity contribution in [2.24, 2.45) is 33.7 Å². The maximum atomic E-state index is 12.6. The molecule has 0 spiro atoms. The zero-order valence-corrected chi connectivity index (χ0v) is 24.1. The number of ether oxygens (including phenoxy) is 1. The summed E-state index contributed by atoms with van der Waals surface area (Å²) in [5.41, 5.74) is 1.41. The summed E-state index contributed by atoms with van der Waals surface area (Å²) in [4.78, 5) is 42.7. The van der Waals surface area contributed by atoms with E-state index in [-0.39, 0.29) is 23.2 Å². The molecule has 1 amide bonds. The maximum Gasteiger partial charge on any atom is 0.333 e. The van der Waals surface area contributed by atoms with Crippen LogP contribution in [0.5, 0.6) is 0 Å². The number of benzene rings is 1. The Bertz CT molecular complexity index is 1230. The number of methoxy groups -OCH3 is 1. The van der Waals surface area contributed by atoms with Gasteiger partial charge in [-0.15, -0.1) is 0 Å². The fourth-order valence-corrected chi connectivity index (χ4v) is 8.66. The van der Waals surface area contributed by atoms with Crippen molar-refractivity contribution in [3.8, 4) is 0 Å². The molecule has 1 aromatic rings. The van der Waals surface area contributed by atoms with E-state index in [2.05, 4.69) is 30.4 Å². The van der Waals surface area contributed by atoms with Crippen LogP contribution in [0.25, 0.3) is 0 Å². The highest BCUT2D eigenvalue weighted by Gasteiger charge is 2.65. The van der Waals surface area contributed by atoms with Crippen LogP contribution in [0.2, 0.25) is 0 Å². The lowest BCUT2D eigenvalue weighted by molar-refractivity contribution is -0.159. The van der Waals surface area contributed by atoms with Gasteiger partial charge in [-0.1, -0.05) is 54.9 Å². The number of fused-ring (bicyclic) bond motifs is 5. The SMILES string of the molecule is COC(=O)C(NC(=O)CON=C1C=C2CCC3C(CCC4(C)C3CCC4(O)C(C)=O)C2(C)CC1)c1ccccc1. The number of carbonyl (C=O) groups is 3. The molecule has 0 heterocycles. The fourth-order valence-electron chi connectivity index (χ4n) is 8.66. The zero-order chi connectivity index (χ0) is 28.7. The van der Waals surface area contributed by atoms with Crippen molar-refractivity contribution in [1.29, 1.82) is 0 Å². The van der Waals surface area contributed by atoms with Crippen LogP contribution in [0, 0.1) is 28.6 Å². The molecule has 216 valence electrons. The first-order valence-corrected chi connectivity index (χ1v) is 14.6. The van der Waals surface area contributed by atoms with E-state index in [4.69, 9.17) is 9.57 Å². The van der Waals surface area contributed by atoms with Gasteiger partial charge in [0.05, 0.1) is 12.8 Å². The van der Waals surface area contributed by atoms with Crippen molar-refractivity contribution >= 4 is 23.4 Å². The van der Waals surface area contributed by atoms with Gasteiger partial charge in [0, 0.05) is 5.41 Å². The second kappa shape index (κ2) is 10.8. The summed E-state index contributed by atoms with van der Waals surface area (Å²) < 4.78 is 4.86. The van der Waals surface area contributed by atoms with Gasteiger partial charge in [-0.25, -0.2) is 4.79 Å². The van der Waals surface area contributed by atoms with Gasteiger partial charge in [-0.3, -0.25) is 9.59 Å². The van der Waals surface area contributed by atoms with E-state index in [0.29, 0.717) is 29.7 Å². The van der Waals surface area contributed by atoms with E-state index in [0.717, 1.165) is 50.7 Å². The van der Waals surface area contributed by atoms with Crippen LogP contribution in [-0.4, -0.2) is 47.8 Å². The van der Waals surface area contributed by atoms with Crippen molar-refractivity contribution < 1.29 is 29.1 Å². The van der Waals surface area contributed by atoms with Crippen LogP contribution in [0.1, 0.15) is 83.7 Å². The quantitative estimate of drug-likeness (QED) is 0.377. The Kier molecular flexibility index (Phi) is 7.68. The molecule has 0 aromatic heterocycles. The smallest absolute Gasteiger partial charge is 0.333 e. The number of ketones is 1. The van der Waals surface area contributed by atoms with E-state index in [1.807, 2.05) is 6.07 Å². The summed E-state index contributed by atoms with van der Waals surface area (Å²) in [6.45, 7) is 5.79. The summed E-state index contributed by atoms with van der Waals surface area (Å²) >= 11 is 0. The van der Waals surface area contributed by atoms with E-state index in [1.165, 1.54) is 12.7 Å². The van der Waals surface area contributed by atoms with Crippen LogP contribution in [0.4, 0.5) is 0 Å². The Hall–Kier alpha value is -3.00. The van der Waals surface area contributed by atoms with E-state index in [9.17, 15) is 19.5 Å². The van der Waals surface area contributed by atoms with E-state index < -0.39 is 23.5 Å². The Morgan fingerprint density at radius 2 is 1.77 bits per heavy atom. The van der Waals surface area contributed by atoms with Crippen molar-refractivity contribution in [1.82, 2.24) is 5.32 Å². The summed E-state index contributed by atoms with van der Waals surface area (Å²) in [6.07, 6.45) is 9.33. The standard InChI is InChI=1S/C32H42N2O6/c1-20(35)32(38)17-14-26-24-11-10-22-18-23(12-15-30(22,2)25(24)13-16-31(26,32)3)34-40-19-27(36)33-28(29(37)39-4)21-8-6-5-7-9-21/h5-9,18,24-26,28,38H,10-17,19H2,1-4H3,(H,33,36). The minimum atomic E-state index is -1.19. The Balaban J connectivity index is 1.23. The number of aliphatic hydroxyl groups is 1. The molecule has 7 atom stereocenters. The minimum Gasteiger partial charge on any atom is -0.467 e. The Morgan fingerprint density at radius 1 is 1.05 bits per heavy atom. The van der Waals surface area contributed by atoms with Gasteiger partial charge in [-0.05, 0) is 93.1 Å². The number of Topliss-reactive ketones (excluding diaryl/α,β-unsaturated/α-hetero) is 1. The van der Waals surface area contributed by atoms with Crippen LogP contribution in [0.3, 0.4) is 0 Å². The number of rotatable bonds is 7. The predicted molar refractivity (Wildman–Crippen MR) is 150 cm³/mol. The van der Waals surface area contributed by atoms with E-state index >= 15 is 0 Å². The second-order valence-corrected chi connectivity index (χ2v) is 12.7. The molecule has 1 aromatic carbocycles. The maximum absolute atomic E-state index is 12.6. The fraction of sp³-hybridized carbons (Fsp3) is 0.625. The molecule has 0 bridgehead atoms. The zero-order valence-electron chi connectivity index (χ0n) is 24.1. The molecule has 7 unspecified atom stereocenters. The molecule has 3 fully saturated rings. The molecule has 0 aliphatic heterocycles. The molecule has 0 saturated heterocycles. The van der Waals surface area contributed by atoms with Crippen molar-refractivity contribution in [3.63, 3.8) is 0 Å². The van der Waals surface area contributed by atoms with Gasteiger partial charge in [0.1, 0.15) is 5.60 Å². The first-order chi connectivity index (χ1) is 19.0. The monoisotopic (exact) mass is 550 g/mol. The van der Waals surface area contributed by atoms with Crippen molar-refractivity contribution in [3.05, 3.63) is 47.5 Å². The molecule has 2 N–H and O–H groups in total. The van der Waals surface area contributed by atoms with Gasteiger partial charge in [0.2, 0.25) is 0 Å². The molecular formula is C32H42N2O6. The number of oxime groups is 1. The third-order valence-electron chi connectivity index (χ3n) is 11.0. The first-order valence-electron chi connectivity index (χ1n) is 14.6. The Labute approximate surface area is 236 Å². The van der Waals surface area contributed by atoms with Gasteiger partial charge in [0.25, 0.3) is 5.91 Å². The molecule has 0 radical (unpaired) electrons. The molecule has 8 heteroatoms. The highest BCUT2D eigenvalue weighted by molar-refractivity contribution is 5.96. The molecule has 3 saturated carbocycles. The van der Waals surface area contributed by atoms with Crippen LogP contribution >= 0.6 is 0 Å². The number of nitrogens with zero attached hydrogens (tertiary/aromatic N) is 1. The third kappa shape index (κ3) is 4.68. The van der Waals surface area contributed by atoms with Crippen LogP contribution in [0.15, 0.2) is 47.1 Å². The topological polar surface area (TPSA) is 114 Å². The molecule has 5 rings (SSSR count). The lowest BCUT2D eigenvalue weighted by Gasteiger charge is -2.59. The Morgan fingerprint density at radius 3 is 2.48 bits per heavy atom. The molecule has 4 aliphatic carbocycles. The van der Waals surface area contributed by atoms with E-state index in [1.54, 1.807) is 31.2 Å². The number of esters is 1. The number of carbonyl (C=O) groups excluding carboxylic acids is 3. The number of nitrogens with one attached hydrogen (secondary N) is 1. The normalized spacial score (nSPS) is 36.4. The van der Waals surface area contributed by atoms with Crippen molar-refractivity contribution in [2.75, 3.05) is 13.7 Å². The highest BCUT2D eigenvalue weighted by atomic mass is 16.6. The molecule has 8 nitrogen and oxygen atoms in total. The highest BCUT2D eigenvalue weighted by Crippen LogP contribution is 2.67. The molecule has 40 heavy (non-hydrogen) atoms.